The summed E-state index contributed by atoms with van der Waals surface area (Å²) in [5, 5.41) is 18.5. The molecule has 0 fully saturated rings. The summed E-state index contributed by atoms with van der Waals surface area (Å²) in [4.78, 5) is 23.8. The van der Waals surface area contributed by atoms with Gasteiger partial charge in [-0.05, 0) is 18.2 Å². The zero-order valence-electron chi connectivity index (χ0n) is 15.2. The summed E-state index contributed by atoms with van der Waals surface area (Å²) < 4.78 is 1.62. The lowest BCUT2D eigenvalue weighted by molar-refractivity contribution is -0.383. The molecule has 0 aliphatic heterocycles. The van der Waals surface area contributed by atoms with Crippen LogP contribution in [0.25, 0.3) is 16.9 Å². The van der Waals surface area contributed by atoms with Crippen molar-refractivity contribution in [1.82, 2.24) is 9.78 Å². The number of aromatic nitrogens is 2. The highest BCUT2D eigenvalue weighted by Crippen LogP contribution is 2.27. The largest absolute Gasteiger partial charge is 0.316 e. The molecule has 4 aromatic rings. The van der Waals surface area contributed by atoms with Crippen molar-refractivity contribution in [3.05, 3.63) is 107 Å². The van der Waals surface area contributed by atoms with Crippen molar-refractivity contribution in [2.75, 3.05) is 5.32 Å². The molecule has 3 aromatic carbocycles. The maximum absolute atomic E-state index is 13.0. The molecule has 7 nitrogen and oxygen atoms in total. The van der Waals surface area contributed by atoms with E-state index in [1.807, 2.05) is 60.7 Å². The van der Waals surface area contributed by atoms with Gasteiger partial charge in [-0.2, -0.15) is 5.10 Å². The highest BCUT2D eigenvalue weighted by Gasteiger charge is 2.21. The second kappa shape index (κ2) is 7.77. The Hall–Kier alpha value is -4.26. The summed E-state index contributed by atoms with van der Waals surface area (Å²) in [7, 11) is 0. The van der Waals surface area contributed by atoms with Crippen LogP contribution in [0, 0.1) is 10.1 Å². The molecule has 0 spiro atoms. The fourth-order valence-electron chi connectivity index (χ4n) is 2.99. The van der Waals surface area contributed by atoms with Crippen molar-refractivity contribution in [2.45, 2.75) is 0 Å². The molecule has 0 aliphatic rings. The third kappa shape index (κ3) is 3.74. The Balaban J connectivity index is 1.77. The van der Waals surface area contributed by atoms with E-state index < -0.39 is 10.8 Å². The van der Waals surface area contributed by atoms with E-state index in [4.69, 9.17) is 0 Å². The van der Waals surface area contributed by atoms with Crippen LogP contribution < -0.4 is 5.32 Å². The molecular weight excluding hydrogens is 368 g/mol. The zero-order chi connectivity index (χ0) is 20.2. The Morgan fingerprint density at radius 2 is 1.52 bits per heavy atom. The van der Waals surface area contributed by atoms with E-state index in [1.54, 1.807) is 23.0 Å². The number of carbonyl (C=O) groups excluding carboxylic acids is 1. The first-order chi connectivity index (χ1) is 14.1. The number of benzene rings is 3. The third-order valence-corrected chi connectivity index (χ3v) is 4.38. The van der Waals surface area contributed by atoms with E-state index in [2.05, 4.69) is 10.4 Å². The number of nitro benzene ring substituents is 1. The molecule has 7 heteroatoms. The number of amides is 1. The highest BCUT2D eigenvalue weighted by atomic mass is 16.6. The van der Waals surface area contributed by atoms with Crippen molar-refractivity contribution in [2.24, 2.45) is 0 Å². The van der Waals surface area contributed by atoms with Gasteiger partial charge in [0.05, 0.1) is 16.2 Å². The lowest BCUT2D eigenvalue weighted by atomic mass is 10.1. The predicted molar refractivity (Wildman–Crippen MR) is 110 cm³/mol. The van der Waals surface area contributed by atoms with Crippen LogP contribution in [0.1, 0.15) is 10.4 Å². The molecule has 1 N–H and O–H groups in total. The van der Waals surface area contributed by atoms with Crippen LogP contribution in [-0.4, -0.2) is 20.6 Å². The minimum Gasteiger partial charge on any atom is -0.316 e. The molecule has 0 unspecified atom stereocenters. The second-order valence-corrected chi connectivity index (χ2v) is 6.27. The van der Waals surface area contributed by atoms with E-state index in [9.17, 15) is 14.9 Å². The van der Waals surface area contributed by atoms with Gasteiger partial charge in [0.15, 0.2) is 0 Å². The molecule has 0 saturated heterocycles. The monoisotopic (exact) mass is 384 g/mol. The number of nitro groups is 1. The molecule has 142 valence electrons. The number of carbonyl (C=O) groups is 1. The van der Waals surface area contributed by atoms with Crippen LogP contribution in [0.5, 0.6) is 0 Å². The van der Waals surface area contributed by atoms with Gasteiger partial charge in [0.25, 0.3) is 11.6 Å². The summed E-state index contributed by atoms with van der Waals surface area (Å²) in [5.41, 5.74) is 2.35. The molecule has 4 rings (SSSR count). The number of nitrogens with zero attached hydrogens (tertiary/aromatic N) is 3. The number of nitrogens with one attached hydrogen (secondary N) is 1. The molecule has 0 aliphatic carbocycles. The number of anilines is 1. The molecular formula is C22H16N4O3. The smallest absolute Gasteiger partial charge is 0.292 e. The Bertz CT molecular complexity index is 1170. The average molecular weight is 384 g/mol. The van der Waals surface area contributed by atoms with E-state index in [1.165, 1.54) is 12.1 Å². The maximum Gasteiger partial charge on any atom is 0.292 e. The molecule has 0 saturated carbocycles. The Morgan fingerprint density at radius 1 is 0.897 bits per heavy atom. The Kier molecular flexibility index (Phi) is 4.86. The van der Waals surface area contributed by atoms with Crippen LogP contribution in [0.2, 0.25) is 0 Å². The first-order valence-electron chi connectivity index (χ1n) is 8.89. The van der Waals surface area contributed by atoms with Crippen molar-refractivity contribution >= 4 is 17.3 Å². The van der Waals surface area contributed by atoms with Crippen LogP contribution >= 0.6 is 0 Å². The summed E-state index contributed by atoms with van der Waals surface area (Å²) in [5.74, 6) is -0.472. The quantitative estimate of drug-likeness (QED) is 0.399. The van der Waals surface area contributed by atoms with Crippen molar-refractivity contribution in [3.63, 3.8) is 0 Å². The van der Waals surface area contributed by atoms with E-state index >= 15 is 0 Å². The van der Waals surface area contributed by atoms with Gasteiger partial charge in [0.2, 0.25) is 0 Å². The van der Waals surface area contributed by atoms with Gasteiger partial charge >= 0.3 is 0 Å². The van der Waals surface area contributed by atoms with E-state index in [0.717, 1.165) is 11.3 Å². The van der Waals surface area contributed by atoms with Gasteiger partial charge in [-0.3, -0.25) is 14.9 Å². The topological polar surface area (TPSA) is 90.1 Å². The molecule has 29 heavy (non-hydrogen) atoms. The average Bonchev–Trinajstić information content (AvgIpc) is 3.21. The lowest BCUT2D eigenvalue weighted by Gasteiger charge is -2.06. The van der Waals surface area contributed by atoms with E-state index in [-0.39, 0.29) is 11.4 Å². The zero-order valence-corrected chi connectivity index (χ0v) is 15.2. The second-order valence-electron chi connectivity index (χ2n) is 6.27. The lowest BCUT2D eigenvalue weighted by Crippen LogP contribution is -2.13. The third-order valence-electron chi connectivity index (χ3n) is 4.38. The SMILES string of the molecule is O=C(Nc1ccccc1[N+](=O)[O-])c1cn(-c2ccccc2)nc1-c1ccccc1. The van der Waals surface area contributed by atoms with Crippen molar-refractivity contribution in [3.8, 4) is 16.9 Å². The molecule has 1 aromatic heterocycles. The summed E-state index contributed by atoms with van der Waals surface area (Å²) in [6.45, 7) is 0. The van der Waals surface area contributed by atoms with Gasteiger partial charge < -0.3 is 5.32 Å². The van der Waals surface area contributed by atoms with Gasteiger partial charge in [-0.25, -0.2) is 4.68 Å². The molecule has 0 atom stereocenters. The van der Waals surface area contributed by atoms with Crippen molar-refractivity contribution in [1.29, 1.82) is 0 Å². The fraction of sp³-hybridized carbons (Fsp3) is 0. The predicted octanol–water partition coefficient (Wildman–Crippen LogP) is 4.70. The number of hydrogen-bond donors (Lipinski definition) is 1. The van der Waals surface area contributed by atoms with Crippen LogP contribution in [0.4, 0.5) is 11.4 Å². The van der Waals surface area contributed by atoms with Crippen LogP contribution in [0.3, 0.4) is 0 Å². The van der Waals surface area contributed by atoms with Crippen LogP contribution in [-0.2, 0) is 0 Å². The van der Waals surface area contributed by atoms with E-state index in [0.29, 0.717) is 11.3 Å². The van der Waals surface area contributed by atoms with Gasteiger partial charge in [0, 0.05) is 17.8 Å². The number of hydrogen-bond acceptors (Lipinski definition) is 4. The Morgan fingerprint density at radius 3 is 2.21 bits per heavy atom. The highest BCUT2D eigenvalue weighted by molar-refractivity contribution is 6.09. The molecule has 1 amide bonds. The van der Waals surface area contributed by atoms with Gasteiger partial charge in [0.1, 0.15) is 11.4 Å². The standard InChI is InChI=1S/C22H16N4O3/c27-22(23-19-13-7-8-14-20(19)26(28)29)18-15-25(17-11-5-2-6-12-17)24-21(18)16-9-3-1-4-10-16/h1-15H,(H,23,27). The fourth-order valence-corrected chi connectivity index (χ4v) is 2.99. The summed E-state index contributed by atoms with van der Waals surface area (Å²) >= 11 is 0. The summed E-state index contributed by atoms with van der Waals surface area (Å²) in [6.07, 6.45) is 1.63. The number of para-hydroxylation sites is 3. The van der Waals surface area contributed by atoms with Crippen LogP contribution in [0.15, 0.2) is 91.1 Å². The molecule has 0 radical (unpaired) electrons. The number of rotatable bonds is 5. The van der Waals surface area contributed by atoms with Gasteiger partial charge in [-0.1, -0.05) is 60.7 Å². The van der Waals surface area contributed by atoms with Crippen molar-refractivity contribution < 1.29 is 9.72 Å². The first-order valence-corrected chi connectivity index (χ1v) is 8.89. The minimum atomic E-state index is -0.527. The maximum atomic E-state index is 13.0. The molecule has 1 heterocycles. The Labute approximate surface area is 166 Å². The first kappa shape index (κ1) is 18.1. The minimum absolute atomic E-state index is 0.133. The summed E-state index contributed by atoms with van der Waals surface area (Å²) in [6, 6.07) is 24.8. The normalized spacial score (nSPS) is 10.5. The van der Waals surface area contributed by atoms with Gasteiger partial charge in [-0.15, -0.1) is 0 Å². The molecule has 0 bridgehead atoms.